The summed E-state index contributed by atoms with van der Waals surface area (Å²) in [5, 5.41) is 11.7. The lowest BCUT2D eigenvalue weighted by atomic mass is 10.2. The van der Waals surface area contributed by atoms with Crippen LogP contribution in [0.25, 0.3) is 0 Å². The van der Waals surface area contributed by atoms with Crippen LogP contribution >= 0.6 is 0 Å². The van der Waals surface area contributed by atoms with Crippen LogP contribution in [0.1, 0.15) is 29.8 Å². The summed E-state index contributed by atoms with van der Waals surface area (Å²) in [5.74, 6) is -1.23. The SMILES string of the molecule is CCOC(=O)c1ccc(N(CC(=O)Nc2ccccc2C#N)C(C)=O)cc1. The topological polar surface area (TPSA) is 99.5 Å². The first-order valence-electron chi connectivity index (χ1n) is 8.30. The molecule has 2 aromatic rings. The van der Waals surface area contributed by atoms with Gasteiger partial charge in [0.05, 0.1) is 23.4 Å². The van der Waals surface area contributed by atoms with E-state index in [1.807, 2.05) is 6.07 Å². The number of esters is 1. The molecule has 0 aromatic heterocycles. The second kappa shape index (κ2) is 9.15. The average Bonchev–Trinajstić information content (AvgIpc) is 2.66. The van der Waals surface area contributed by atoms with Gasteiger partial charge in [-0.15, -0.1) is 0 Å². The van der Waals surface area contributed by atoms with Gasteiger partial charge in [0.15, 0.2) is 0 Å². The molecule has 0 aliphatic heterocycles. The number of nitrogens with zero attached hydrogens (tertiary/aromatic N) is 2. The van der Waals surface area contributed by atoms with E-state index < -0.39 is 11.9 Å². The van der Waals surface area contributed by atoms with Crippen molar-refractivity contribution in [1.82, 2.24) is 0 Å². The first kappa shape index (κ1) is 19.7. The standard InChI is InChI=1S/C20H19N3O4/c1-3-27-20(26)15-8-10-17(11-9-15)23(14(2)24)13-19(25)22-18-7-5-4-6-16(18)12-21/h4-11H,3,13H2,1-2H3,(H,22,25). The van der Waals surface area contributed by atoms with Crippen LogP contribution in [0, 0.1) is 11.3 Å². The van der Waals surface area contributed by atoms with Gasteiger partial charge < -0.3 is 15.0 Å². The molecule has 0 fully saturated rings. The summed E-state index contributed by atoms with van der Waals surface area (Å²) in [6, 6.07) is 14.8. The average molecular weight is 365 g/mol. The highest BCUT2D eigenvalue weighted by molar-refractivity contribution is 6.02. The Kier molecular flexibility index (Phi) is 6.67. The van der Waals surface area contributed by atoms with Crippen molar-refractivity contribution in [3.63, 3.8) is 0 Å². The number of amides is 2. The Morgan fingerprint density at radius 2 is 1.78 bits per heavy atom. The van der Waals surface area contributed by atoms with E-state index in [0.717, 1.165) is 0 Å². The predicted molar refractivity (Wildman–Crippen MR) is 100 cm³/mol. The number of nitrogens with one attached hydrogen (secondary N) is 1. The van der Waals surface area contributed by atoms with Gasteiger partial charge in [-0.25, -0.2) is 4.79 Å². The molecule has 0 atom stereocenters. The summed E-state index contributed by atoms with van der Waals surface area (Å²) >= 11 is 0. The molecule has 0 spiro atoms. The van der Waals surface area contributed by atoms with Crippen molar-refractivity contribution in [2.24, 2.45) is 0 Å². The van der Waals surface area contributed by atoms with Crippen LogP contribution in [0.2, 0.25) is 0 Å². The van der Waals surface area contributed by atoms with Gasteiger partial charge in [-0.3, -0.25) is 9.59 Å². The third-order valence-corrected chi connectivity index (χ3v) is 3.69. The number of hydrogen-bond donors (Lipinski definition) is 1. The van der Waals surface area contributed by atoms with E-state index in [1.54, 1.807) is 43.3 Å². The van der Waals surface area contributed by atoms with Crippen molar-refractivity contribution < 1.29 is 19.1 Å². The highest BCUT2D eigenvalue weighted by Crippen LogP contribution is 2.18. The highest BCUT2D eigenvalue weighted by atomic mass is 16.5. The number of ether oxygens (including phenoxy) is 1. The van der Waals surface area contributed by atoms with E-state index in [-0.39, 0.29) is 19.1 Å². The van der Waals surface area contributed by atoms with Crippen LogP contribution in [0.3, 0.4) is 0 Å². The van der Waals surface area contributed by atoms with E-state index in [4.69, 9.17) is 10.00 Å². The van der Waals surface area contributed by atoms with Crippen molar-refractivity contribution in [3.05, 3.63) is 59.7 Å². The van der Waals surface area contributed by atoms with Crippen LogP contribution in [0.4, 0.5) is 11.4 Å². The Morgan fingerprint density at radius 3 is 2.37 bits per heavy atom. The molecule has 0 bridgehead atoms. The molecule has 0 aliphatic carbocycles. The molecule has 7 nitrogen and oxygen atoms in total. The van der Waals surface area contributed by atoms with Gasteiger partial charge in [0, 0.05) is 12.6 Å². The summed E-state index contributed by atoms with van der Waals surface area (Å²) in [6.45, 7) is 3.10. The summed E-state index contributed by atoms with van der Waals surface area (Å²) < 4.78 is 4.92. The Morgan fingerprint density at radius 1 is 1.11 bits per heavy atom. The van der Waals surface area contributed by atoms with Gasteiger partial charge >= 0.3 is 5.97 Å². The number of carbonyl (C=O) groups is 3. The molecule has 0 unspecified atom stereocenters. The molecule has 0 heterocycles. The minimum absolute atomic E-state index is 0.228. The lowest BCUT2D eigenvalue weighted by molar-refractivity contribution is -0.120. The van der Waals surface area contributed by atoms with E-state index in [2.05, 4.69) is 5.32 Å². The molecule has 1 N–H and O–H groups in total. The van der Waals surface area contributed by atoms with Crippen molar-refractivity contribution in [2.75, 3.05) is 23.4 Å². The molecule has 138 valence electrons. The predicted octanol–water partition coefficient (Wildman–Crippen LogP) is 2.73. The quantitative estimate of drug-likeness (QED) is 0.794. The van der Waals surface area contributed by atoms with Gasteiger partial charge in [0.25, 0.3) is 0 Å². The minimum atomic E-state index is -0.454. The van der Waals surface area contributed by atoms with E-state index in [9.17, 15) is 14.4 Å². The van der Waals surface area contributed by atoms with Crippen molar-refractivity contribution in [3.8, 4) is 6.07 Å². The number of para-hydroxylation sites is 1. The summed E-state index contributed by atoms with van der Waals surface area (Å²) in [6.07, 6.45) is 0. The zero-order valence-electron chi connectivity index (χ0n) is 15.1. The lowest BCUT2D eigenvalue weighted by Crippen LogP contribution is -2.36. The third-order valence-electron chi connectivity index (χ3n) is 3.69. The van der Waals surface area contributed by atoms with E-state index in [1.165, 1.54) is 24.0 Å². The maximum absolute atomic E-state index is 12.3. The molecule has 2 amide bonds. The zero-order valence-corrected chi connectivity index (χ0v) is 15.1. The number of hydrogen-bond acceptors (Lipinski definition) is 5. The third kappa shape index (κ3) is 5.16. The summed E-state index contributed by atoms with van der Waals surface area (Å²) in [5.41, 5.74) is 1.54. The number of rotatable bonds is 6. The molecule has 2 rings (SSSR count). The summed E-state index contributed by atoms with van der Waals surface area (Å²) in [7, 11) is 0. The largest absolute Gasteiger partial charge is 0.462 e. The first-order chi connectivity index (χ1) is 13.0. The van der Waals surface area contributed by atoms with E-state index >= 15 is 0 Å². The molecule has 0 radical (unpaired) electrons. The Balaban J connectivity index is 2.13. The molecule has 0 saturated heterocycles. The van der Waals surface area contributed by atoms with Crippen LogP contribution < -0.4 is 10.2 Å². The Hall–Kier alpha value is -3.66. The van der Waals surface area contributed by atoms with Crippen molar-refractivity contribution in [1.29, 1.82) is 5.26 Å². The maximum Gasteiger partial charge on any atom is 0.338 e. The van der Waals surface area contributed by atoms with Crippen LogP contribution in [-0.4, -0.2) is 30.9 Å². The zero-order chi connectivity index (χ0) is 19.8. The maximum atomic E-state index is 12.3. The molecule has 27 heavy (non-hydrogen) atoms. The number of nitriles is 1. The number of benzene rings is 2. The smallest absolute Gasteiger partial charge is 0.338 e. The van der Waals surface area contributed by atoms with Crippen molar-refractivity contribution >= 4 is 29.2 Å². The fourth-order valence-electron chi connectivity index (χ4n) is 2.40. The van der Waals surface area contributed by atoms with Gasteiger partial charge in [0.2, 0.25) is 11.8 Å². The first-order valence-corrected chi connectivity index (χ1v) is 8.30. The van der Waals surface area contributed by atoms with E-state index in [0.29, 0.717) is 22.5 Å². The number of carbonyl (C=O) groups excluding carboxylic acids is 3. The Labute approximate surface area is 157 Å². The molecule has 2 aromatic carbocycles. The second-order valence-electron chi connectivity index (χ2n) is 5.58. The fourth-order valence-corrected chi connectivity index (χ4v) is 2.40. The molecular weight excluding hydrogens is 346 g/mol. The van der Waals surface area contributed by atoms with Crippen molar-refractivity contribution in [2.45, 2.75) is 13.8 Å². The van der Waals surface area contributed by atoms with Crippen LogP contribution in [0.15, 0.2) is 48.5 Å². The number of anilines is 2. The highest BCUT2D eigenvalue weighted by Gasteiger charge is 2.17. The molecule has 7 heteroatoms. The molecular formula is C20H19N3O4. The van der Waals surface area contributed by atoms with Gasteiger partial charge in [0.1, 0.15) is 12.6 Å². The lowest BCUT2D eigenvalue weighted by Gasteiger charge is -2.21. The molecule has 0 saturated carbocycles. The summed E-state index contributed by atoms with van der Waals surface area (Å²) in [4.78, 5) is 37.3. The fraction of sp³-hybridized carbons (Fsp3) is 0.200. The molecule has 0 aliphatic rings. The second-order valence-corrected chi connectivity index (χ2v) is 5.58. The van der Waals surface area contributed by atoms with Crippen LogP contribution in [-0.2, 0) is 14.3 Å². The van der Waals surface area contributed by atoms with Gasteiger partial charge in [-0.05, 0) is 43.3 Å². The monoisotopic (exact) mass is 365 g/mol. The van der Waals surface area contributed by atoms with Gasteiger partial charge in [-0.1, -0.05) is 12.1 Å². The van der Waals surface area contributed by atoms with Gasteiger partial charge in [-0.2, -0.15) is 5.26 Å². The normalized spacial score (nSPS) is 9.81. The minimum Gasteiger partial charge on any atom is -0.462 e. The Bertz CT molecular complexity index is 885. The van der Waals surface area contributed by atoms with Crippen LogP contribution in [0.5, 0.6) is 0 Å².